The Morgan fingerprint density at radius 1 is 1.19 bits per heavy atom. The highest BCUT2D eigenvalue weighted by molar-refractivity contribution is 5.77. The summed E-state index contributed by atoms with van der Waals surface area (Å²) in [6, 6.07) is 15.7. The first kappa shape index (κ1) is 12.6. The number of fused-ring (bicyclic) bond motifs is 1. The van der Waals surface area contributed by atoms with E-state index in [0.717, 1.165) is 23.6 Å². The molecule has 0 saturated heterocycles. The fourth-order valence-electron chi connectivity index (χ4n) is 2.73. The smallest absolute Gasteiger partial charge is 0.100 e. The van der Waals surface area contributed by atoms with E-state index in [4.69, 9.17) is 0 Å². The van der Waals surface area contributed by atoms with Crippen molar-refractivity contribution >= 4 is 11.0 Å². The van der Waals surface area contributed by atoms with Gasteiger partial charge in [0.1, 0.15) is 6.33 Å². The third-order valence-electron chi connectivity index (χ3n) is 4.22. The summed E-state index contributed by atoms with van der Waals surface area (Å²) < 4.78 is 2.15. The van der Waals surface area contributed by atoms with Crippen molar-refractivity contribution in [2.24, 2.45) is 0 Å². The highest BCUT2D eigenvalue weighted by Gasteiger charge is 2.20. The van der Waals surface area contributed by atoms with Crippen LogP contribution < -0.4 is 5.32 Å². The van der Waals surface area contributed by atoms with Gasteiger partial charge in [-0.25, -0.2) is 4.98 Å². The minimum absolute atomic E-state index is 0.752. The molecule has 3 heteroatoms. The molecule has 1 heterocycles. The Kier molecular flexibility index (Phi) is 3.00. The number of nitrogens with one attached hydrogen (secondary N) is 1. The summed E-state index contributed by atoms with van der Waals surface area (Å²) in [6.45, 7) is 3.16. The van der Waals surface area contributed by atoms with Gasteiger partial charge in [0.15, 0.2) is 0 Å². The average molecular weight is 277 g/mol. The van der Waals surface area contributed by atoms with Gasteiger partial charge in [-0.2, -0.15) is 0 Å². The molecule has 2 aromatic carbocycles. The molecule has 0 atom stereocenters. The van der Waals surface area contributed by atoms with E-state index in [1.54, 1.807) is 0 Å². The van der Waals surface area contributed by atoms with Gasteiger partial charge in [0.2, 0.25) is 0 Å². The van der Waals surface area contributed by atoms with E-state index < -0.39 is 0 Å². The quantitative estimate of drug-likeness (QED) is 0.790. The zero-order valence-corrected chi connectivity index (χ0v) is 12.2. The molecule has 1 aliphatic carbocycles. The van der Waals surface area contributed by atoms with Gasteiger partial charge in [0.25, 0.3) is 0 Å². The molecule has 0 radical (unpaired) electrons. The summed E-state index contributed by atoms with van der Waals surface area (Å²) in [4.78, 5) is 4.47. The van der Waals surface area contributed by atoms with E-state index in [1.807, 2.05) is 18.5 Å². The van der Waals surface area contributed by atoms with Crippen LogP contribution in [-0.4, -0.2) is 15.6 Å². The Bertz CT molecular complexity index is 784. The lowest BCUT2D eigenvalue weighted by Crippen LogP contribution is -2.16. The largest absolute Gasteiger partial charge is 0.310 e. The molecule has 4 rings (SSSR count). The number of hydrogen-bond donors (Lipinski definition) is 1. The third kappa shape index (κ3) is 2.45. The average Bonchev–Trinajstić information content (AvgIpc) is 3.23. The van der Waals surface area contributed by atoms with Crippen LogP contribution >= 0.6 is 0 Å². The topological polar surface area (TPSA) is 29.9 Å². The van der Waals surface area contributed by atoms with Gasteiger partial charge in [-0.1, -0.05) is 18.2 Å². The van der Waals surface area contributed by atoms with E-state index in [0.29, 0.717) is 0 Å². The molecule has 0 amide bonds. The molecular formula is C18H19N3. The number of nitrogens with zero attached hydrogens (tertiary/aromatic N) is 2. The SMILES string of the molecule is Cc1cc(-n2cnc3ccccc32)ccc1CNC1CC1. The Balaban J connectivity index is 1.67. The first-order valence-corrected chi connectivity index (χ1v) is 7.56. The Labute approximate surface area is 124 Å². The molecule has 1 saturated carbocycles. The minimum atomic E-state index is 0.752. The molecule has 106 valence electrons. The lowest BCUT2D eigenvalue weighted by molar-refractivity contribution is 0.685. The Morgan fingerprint density at radius 2 is 2.05 bits per heavy atom. The molecule has 0 bridgehead atoms. The molecule has 1 fully saturated rings. The fraction of sp³-hybridized carbons (Fsp3) is 0.278. The van der Waals surface area contributed by atoms with Crippen molar-refractivity contribution in [3.05, 3.63) is 59.9 Å². The lowest BCUT2D eigenvalue weighted by atomic mass is 10.1. The molecule has 0 spiro atoms. The van der Waals surface area contributed by atoms with Crippen LogP contribution in [0.2, 0.25) is 0 Å². The van der Waals surface area contributed by atoms with Crippen LogP contribution in [0.25, 0.3) is 16.7 Å². The predicted molar refractivity (Wildman–Crippen MR) is 85.7 cm³/mol. The second kappa shape index (κ2) is 5.01. The van der Waals surface area contributed by atoms with E-state index in [2.05, 4.69) is 52.1 Å². The van der Waals surface area contributed by atoms with Gasteiger partial charge in [0, 0.05) is 18.3 Å². The maximum absolute atomic E-state index is 4.47. The number of aryl methyl sites for hydroxylation is 1. The zero-order valence-electron chi connectivity index (χ0n) is 12.2. The first-order valence-electron chi connectivity index (χ1n) is 7.56. The number of para-hydroxylation sites is 2. The van der Waals surface area contributed by atoms with Crippen molar-refractivity contribution in [2.45, 2.75) is 32.4 Å². The maximum Gasteiger partial charge on any atom is 0.100 e. The van der Waals surface area contributed by atoms with Crippen LogP contribution in [-0.2, 0) is 6.54 Å². The van der Waals surface area contributed by atoms with Crippen LogP contribution in [0.4, 0.5) is 0 Å². The molecular weight excluding hydrogens is 258 g/mol. The molecule has 0 unspecified atom stereocenters. The number of hydrogen-bond acceptors (Lipinski definition) is 2. The Hall–Kier alpha value is -2.13. The van der Waals surface area contributed by atoms with E-state index in [1.165, 1.54) is 29.7 Å². The van der Waals surface area contributed by atoms with Crippen LogP contribution in [0.1, 0.15) is 24.0 Å². The maximum atomic E-state index is 4.47. The van der Waals surface area contributed by atoms with E-state index in [-0.39, 0.29) is 0 Å². The van der Waals surface area contributed by atoms with Crippen LogP contribution in [0.5, 0.6) is 0 Å². The van der Waals surface area contributed by atoms with E-state index >= 15 is 0 Å². The van der Waals surface area contributed by atoms with Gasteiger partial charge in [-0.05, 0) is 55.2 Å². The van der Waals surface area contributed by atoms with Crippen molar-refractivity contribution in [3.8, 4) is 5.69 Å². The number of rotatable bonds is 4. The normalized spacial score (nSPS) is 14.7. The number of imidazole rings is 1. The summed E-state index contributed by atoms with van der Waals surface area (Å²) in [7, 11) is 0. The predicted octanol–water partition coefficient (Wildman–Crippen LogP) is 3.59. The van der Waals surface area contributed by atoms with Gasteiger partial charge >= 0.3 is 0 Å². The molecule has 21 heavy (non-hydrogen) atoms. The number of benzene rings is 2. The molecule has 3 aromatic rings. The Morgan fingerprint density at radius 3 is 2.86 bits per heavy atom. The van der Waals surface area contributed by atoms with Crippen LogP contribution in [0, 0.1) is 6.92 Å². The van der Waals surface area contributed by atoms with E-state index in [9.17, 15) is 0 Å². The van der Waals surface area contributed by atoms with Crippen molar-refractivity contribution in [1.82, 2.24) is 14.9 Å². The summed E-state index contributed by atoms with van der Waals surface area (Å²) in [5.41, 5.74) is 6.08. The first-order chi connectivity index (χ1) is 10.3. The van der Waals surface area contributed by atoms with Crippen molar-refractivity contribution in [2.75, 3.05) is 0 Å². The van der Waals surface area contributed by atoms with Gasteiger partial charge in [-0.3, -0.25) is 4.57 Å². The summed E-state index contributed by atoms with van der Waals surface area (Å²) in [6.07, 6.45) is 4.57. The zero-order chi connectivity index (χ0) is 14.2. The van der Waals surface area contributed by atoms with Crippen molar-refractivity contribution in [3.63, 3.8) is 0 Å². The molecule has 1 aliphatic rings. The van der Waals surface area contributed by atoms with Crippen molar-refractivity contribution in [1.29, 1.82) is 0 Å². The second-order valence-corrected chi connectivity index (χ2v) is 5.87. The standard InChI is InChI=1S/C18H19N3/c1-13-10-16(9-6-14(13)11-19-15-7-8-15)21-12-20-17-4-2-3-5-18(17)21/h2-6,9-10,12,15,19H,7-8,11H2,1H3. The number of aromatic nitrogens is 2. The highest BCUT2D eigenvalue weighted by Crippen LogP contribution is 2.22. The van der Waals surface area contributed by atoms with Gasteiger partial charge in [0.05, 0.1) is 11.0 Å². The summed E-state index contributed by atoms with van der Waals surface area (Å²) >= 11 is 0. The fourth-order valence-corrected chi connectivity index (χ4v) is 2.73. The van der Waals surface area contributed by atoms with Gasteiger partial charge < -0.3 is 5.32 Å². The lowest BCUT2D eigenvalue weighted by Gasteiger charge is -2.10. The monoisotopic (exact) mass is 277 g/mol. The minimum Gasteiger partial charge on any atom is -0.310 e. The highest BCUT2D eigenvalue weighted by atomic mass is 15.0. The van der Waals surface area contributed by atoms with Crippen LogP contribution in [0.3, 0.4) is 0 Å². The summed E-state index contributed by atoms with van der Waals surface area (Å²) in [5.74, 6) is 0. The molecule has 3 nitrogen and oxygen atoms in total. The molecule has 0 aliphatic heterocycles. The van der Waals surface area contributed by atoms with Crippen molar-refractivity contribution < 1.29 is 0 Å². The molecule has 1 aromatic heterocycles. The third-order valence-corrected chi connectivity index (χ3v) is 4.22. The summed E-state index contributed by atoms with van der Waals surface area (Å²) in [5, 5.41) is 3.58. The van der Waals surface area contributed by atoms with Gasteiger partial charge in [-0.15, -0.1) is 0 Å². The van der Waals surface area contributed by atoms with Crippen LogP contribution in [0.15, 0.2) is 48.8 Å². The molecule has 1 N–H and O–H groups in total. The second-order valence-electron chi connectivity index (χ2n) is 5.87.